The van der Waals surface area contributed by atoms with E-state index < -0.39 is 29.3 Å². The van der Waals surface area contributed by atoms with Crippen molar-refractivity contribution in [2.45, 2.75) is 32.6 Å². The molecule has 0 fully saturated rings. The smallest absolute Gasteiger partial charge is 0.341 e. The van der Waals surface area contributed by atoms with Crippen LogP contribution in [0.5, 0.6) is 0 Å². The molecule has 0 aliphatic heterocycles. The number of carbonyl (C=O) groups excluding carboxylic acids is 3. The number of amides is 2. The molecule has 1 aliphatic rings. The van der Waals surface area contributed by atoms with Crippen molar-refractivity contribution in [3.05, 3.63) is 80.0 Å². The Morgan fingerprint density at radius 3 is 2.71 bits per heavy atom. The number of nitro groups is 1. The summed E-state index contributed by atoms with van der Waals surface area (Å²) in [7, 11) is 0. The average molecular weight is 495 g/mol. The number of thiophene rings is 1. The molecule has 3 aromatic rings. The number of anilines is 2. The van der Waals surface area contributed by atoms with Crippen molar-refractivity contribution < 1.29 is 24.0 Å². The Kier molecular flexibility index (Phi) is 7.16. The molecule has 0 saturated heterocycles. The molecule has 11 heteroatoms. The molecule has 2 N–H and O–H groups in total. The van der Waals surface area contributed by atoms with E-state index in [1.165, 1.54) is 35.7 Å². The average Bonchev–Trinajstić information content (AvgIpc) is 3.22. The highest BCUT2D eigenvalue weighted by Gasteiger charge is 2.28. The van der Waals surface area contributed by atoms with Crippen molar-refractivity contribution in [3.8, 4) is 0 Å². The molecule has 0 atom stereocenters. The van der Waals surface area contributed by atoms with Crippen LogP contribution in [0.3, 0.4) is 0 Å². The van der Waals surface area contributed by atoms with Gasteiger partial charge in [0.1, 0.15) is 5.00 Å². The van der Waals surface area contributed by atoms with Crippen molar-refractivity contribution in [1.82, 2.24) is 4.98 Å². The number of hydrogen-bond acceptors (Lipinski definition) is 8. The van der Waals surface area contributed by atoms with E-state index in [1.807, 2.05) is 0 Å². The summed E-state index contributed by atoms with van der Waals surface area (Å²) in [6, 6.07) is 7.37. The number of fused-ring (bicyclic) bond motifs is 1. The van der Waals surface area contributed by atoms with E-state index in [9.17, 15) is 24.5 Å². The molecule has 4 rings (SSSR count). The summed E-state index contributed by atoms with van der Waals surface area (Å²) in [5.41, 5.74) is 2.18. The minimum atomic E-state index is -0.711. The van der Waals surface area contributed by atoms with Crippen LogP contribution in [0.4, 0.5) is 16.4 Å². The maximum Gasteiger partial charge on any atom is 0.341 e. The normalized spacial score (nSPS) is 12.4. The number of benzene rings is 1. The van der Waals surface area contributed by atoms with Gasteiger partial charge in [0, 0.05) is 29.4 Å². The lowest BCUT2D eigenvalue weighted by Gasteiger charge is -2.13. The van der Waals surface area contributed by atoms with Crippen LogP contribution in [0, 0.1) is 17.0 Å². The number of pyridine rings is 1. The second kappa shape index (κ2) is 10.4. The number of nitrogens with zero attached hydrogens (tertiary/aromatic N) is 2. The quantitative estimate of drug-likeness (QED) is 0.284. The summed E-state index contributed by atoms with van der Waals surface area (Å²) in [6.07, 6.45) is 6.37. The van der Waals surface area contributed by atoms with Gasteiger partial charge < -0.3 is 15.4 Å². The zero-order valence-electron chi connectivity index (χ0n) is 18.8. The molecular formula is C24H22N4O6S. The van der Waals surface area contributed by atoms with Crippen LogP contribution >= 0.6 is 11.3 Å². The molecule has 35 heavy (non-hydrogen) atoms. The maximum atomic E-state index is 13.0. The third-order valence-corrected chi connectivity index (χ3v) is 6.77. The number of ether oxygens (including phenoxy) is 1. The molecule has 1 aliphatic carbocycles. The fraction of sp³-hybridized carbons (Fsp3) is 0.250. The monoisotopic (exact) mass is 494 g/mol. The Balaban J connectivity index is 1.48. The molecule has 2 amide bonds. The number of non-ortho nitro benzene ring substituents is 1. The Hall–Kier alpha value is -4.12. The standard InChI is InChI=1S/C24H22N4O6S/c1-14-8-9-16(28(32)33)11-18(14)26-20(29)13-34-24(31)21-17-6-2-3-7-19(17)35-23(21)27-22(30)15-5-4-10-25-12-15/h4-5,8-12H,2-3,6-7,13H2,1H3,(H,26,29)(H,27,30). The summed E-state index contributed by atoms with van der Waals surface area (Å²) >= 11 is 1.34. The first kappa shape index (κ1) is 24.0. The lowest BCUT2D eigenvalue weighted by molar-refractivity contribution is -0.384. The highest BCUT2D eigenvalue weighted by atomic mass is 32.1. The van der Waals surface area contributed by atoms with E-state index in [0.717, 1.165) is 29.7 Å². The second-order valence-corrected chi connectivity index (χ2v) is 9.10. The maximum absolute atomic E-state index is 13.0. The predicted molar refractivity (Wildman–Crippen MR) is 130 cm³/mol. The fourth-order valence-corrected chi connectivity index (χ4v) is 5.06. The molecule has 0 radical (unpaired) electrons. The van der Waals surface area contributed by atoms with Gasteiger partial charge in [0.15, 0.2) is 6.61 Å². The second-order valence-electron chi connectivity index (χ2n) is 7.99. The van der Waals surface area contributed by atoms with Crippen LogP contribution in [-0.4, -0.2) is 34.3 Å². The molecule has 0 saturated carbocycles. The van der Waals surface area contributed by atoms with Gasteiger partial charge in [-0.25, -0.2) is 4.79 Å². The Morgan fingerprint density at radius 2 is 1.97 bits per heavy atom. The van der Waals surface area contributed by atoms with E-state index in [-0.39, 0.29) is 16.9 Å². The highest BCUT2D eigenvalue weighted by Crippen LogP contribution is 2.38. The molecule has 10 nitrogen and oxygen atoms in total. The van der Waals surface area contributed by atoms with Gasteiger partial charge in [-0.05, 0) is 55.9 Å². The first-order chi connectivity index (χ1) is 16.8. The van der Waals surface area contributed by atoms with Crippen LogP contribution in [0.15, 0.2) is 42.7 Å². The zero-order valence-corrected chi connectivity index (χ0v) is 19.6. The van der Waals surface area contributed by atoms with Gasteiger partial charge in [0.05, 0.1) is 21.7 Å². The summed E-state index contributed by atoms with van der Waals surface area (Å²) in [6.45, 7) is 1.11. The molecule has 2 aromatic heterocycles. The first-order valence-corrected chi connectivity index (χ1v) is 11.7. The van der Waals surface area contributed by atoms with Crippen molar-refractivity contribution in [2.75, 3.05) is 17.2 Å². The van der Waals surface area contributed by atoms with E-state index in [2.05, 4.69) is 15.6 Å². The number of nitrogens with one attached hydrogen (secondary N) is 2. The third-order valence-electron chi connectivity index (χ3n) is 5.57. The molecule has 1 aromatic carbocycles. The molecule has 180 valence electrons. The molecule has 0 unspecified atom stereocenters. The predicted octanol–water partition coefficient (Wildman–Crippen LogP) is 4.29. The molecular weight excluding hydrogens is 472 g/mol. The third kappa shape index (κ3) is 5.52. The van der Waals surface area contributed by atoms with Crippen LogP contribution in [-0.2, 0) is 22.4 Å². The summed E-state index contributed by atoms with van der Waals surface area (Å²) in [4.78, 5) is 53.5. The number of esters is 1. The Labute approximate surface area is 204 Å². The summed E-state index contributed by atoms with van der Waals surface area (Å²) in [5.74, 6) is -1.74. The Morgan fingerprint density at radius 1 is 1.17 bits per heavy atom. The van der Waals surface area contributed by atoms with E-state index in [1.54, 1.807) is 25.3 Å². The van der Waals surface area contributed by atoms with Crippen LogP contribution in [0.2, 0.25) is 0 Å². The van der Waals surface area contributed by atoms with Crippen molar-refractivity contribution in [1.29, 1.82) is 0 Å². The summed E-state index contributed by atoms with van der Waals surface area (Å²) < 4.78 is 5.29. The van der Waals surface area contributed by atoms with Gasteiger partial charge in [-0.15, -0.1) is 11.3 Å². The minimum absolute atomic E-state index is 0.165. The van der Waals surface area contributed by atoms with Crippen molar-refractivity contribution in [2.24, 2.45) is 0 Å². The summed E-state index contributed by atoms with van der Waals surface area (Å²) in [5, 5.41) is 16.7. The lowest BCUT2D eigenvalue weighted by atomic mass is 9.95. The number of hydrogen-bond donors (Lipinski definition) is 2. The van der Waals surface area contributed by atoms with Gasteiger partial charge in [-0.2, -0.15) is 0 Å². The molecule has 0 bridgehead atoms. The van der Waals surface area contributed by atoms with E-state index in [4.69, 9.17) is 4.74 Å². The van der Waals surface area contributed by atoms with E-state index in [0.29, 0.717) is 22.5 Å². The molecule has 0 spiro atoms. The molecule has 2 heterocycles. The number of aryl methyl sites for hydroxylation is 2. The van der Waals surface area contributed by atoms with Crippen LogP contribution in [0.1, 0.15) is 49.6 Å². The lowest BCUT2D eigenvalue weighted by Crippen LogP contribution is -2.22. The van der Waals surface area contributed by atoms with Gasteiger partial charge in [0.2, 0.25) is 0 Å². The Bertz CT molecular complexity index is 1300. The number of rotatable bonds is 7. The SMILES string of the molecule is Cc1ccc([N+](=O)[O-])cc1NC(=O)COC(=O)c1c(NC(=O)c2cccnc2)sc2c1CCCC2. The zero-order chi connectivity index (χ0) is 24.9. The number of carbonyl (C=O) groups is 3. The largest absolute Gasteiger partial charge is 0.452 e. The van der Waals surface area contributed by atoms with Crippen LogP contribution < -0.4 is 10.6 Å². The number of nitro benzene ring substituents is 1. The van der Waals surface area contributed by atoms with Crippen molar-refractivity contribution >= 4 is 45.5 Å². The van der Waals surface area contributed by atoms with E-state index >= 15 is 0 Å². The van der Waals surface area contributed by atoms with Gasteiger partial charge in [0.25, 0.3) is 17.5 Å². The first-order valence-electron chi connectivity index (χ1n) is 10.9. The van der Waals surface area contributed by atoms with Gasteiger partial charge in [-0.3, -0.25) is 24.7 Å². The number of aromatic nitrogens is 1. The van der Waals surface area contributed by atoms with Crippen molar-refractivity contribution in [3.63, 3.8) is 0 Å². The van der Waals surface area contributed by atoms with Crippen LogP contribution in [0.25, 0.3) is 0 Å². The highest BCUT2D eigenvalue weighted by molar-refractivity contribution is 7.17. The minimum Gasteiger partial charge on any atom is -0.452 e. The topological polar surface area (TPSA) is 141 Å². The van der Waals surface area contributed by atoms with Gasteiger partial charge >= 0.3 is 5.97 Å². The fourth-order valence-electron chi connectivity index (χ4n) is 3.79. The van der Waals surface area contributed by atoms with Gasteiger partial charge in [-0.1, -0.05) is 6.07 Å².